The molecule has 2 heterocycles. The molecule has 0 aromatic carbocycles. The van der Waals surface area contributed by atoms with Crippen molar-refractivity contribution in [3.8, 4) is 0 Å². The van der Waals surface area contributed by atoms with Gasteiger partial charge in [-0.1, -0.05) is 0 Å². The van der Waals surface area contributed by atoms with Crippen LogP contribution in [0.4, 0.5) is 0 Å². The highest BCUT2D eigenvalue weighted by Gasteiger charge is 2.28. The Balaban J connectivity index is 1.95. The molecular weight excluding hydrogens is 198 g/mol. The number of piperidine rings is 1. The lowest BCUT2D eigenvalue weighted by atomic mass is 9.92. The number of aryl methyl sites for hydroxylation is 1. The average Bonchev–Trinajstić information content (AvgIpc) is 2.64. The summed E-state index contributed by atoms with van der Waals surface area (Å²) >= 11 is 0. The molecule has 1 N–H and O–H groups in total. The number of hydrogen-bond donors (Lipinski definition) is 1. The van der Waals surface area contributed by atoms with E-state index in [-0.39, 0.29) is 0 Å². The smallest absolute Gasteiger partial charge is 0.109 e. The molecule has 3 nitrogen and oxygen atoms in total. The maximum absolute atomic E-state index is 4.45. The number of nitrogens with zero attached hydrogens (tertiary/aromatic N) is 2. The lowest BCUT2D eigenvalue weighted by molar-refractivity contribution is 0.101. The number of aromatic nitrogens is 2. The lowest BCUT2D eigenvalue weighted by Crippen LogP contribution is -2.45. The van der Waals surface area contributed by atoms with E-state index in [1.165, 1.54) is 37.4 Å². The van der Waals surface area contributed by atoms with E-state index < -0.39 is 0 Å². The van der Waals surface area contributed by atoms with Crippen molar-refractivity contribution in [1.29, 1.82) is 0 Å². The fourth-order valence-corrected chi connectivity index (χ4v) is 2.46. The Morgan fingerprint density at radius 1 is 1.31 bits per heavy atom. The zero-order valence-electron chi connectivity index (χ0n) is 10.9. The Morgan fingerprint density at radius 3 is 2.38 bits per heavy atom. The van der Waals surface area contributed by atoms with Gasteiger partial charge < -0.3 is 4.98 Å². The molecule has 1 aromatic heterocycles. The van der Waals surface area contributed by atoms with E-state index in [9.17, 15) is 0 Å². The molecule has 1 saturated heterocycles. The second kappa shape index (κ2) is 4.21. The summed E-state index contributed by atoms with van der Waals surface area (Å²) in [6.45, 7) is 11.3. The number of imidazole rings is 1. The van der Waals surface area contributed by atoms with Crippen molar-refractivity contribution in [3.63, 3.8) is 0 Å². The first kappa shape index (κ1) is 11.6. The predicted molar refractivity (Wildman–Crippen MR) is 66.6 cm³/mol. The summed E-state index contributed by atoms with van der Waals surface area (Å²) in [5.41, 5.74) is 1.48. The molecular formula is C13H23N3. The largest absolute Gasteiger partial charge is 0.346 e. The number of aromatic amines is 1. The summed E-state index contributed by atoms with van der Waals surface area (Å²) < 4.78 is 0. The van der Waals surface area contributed by atoms with E-state index in [4.69, 9.17) is 0 Å². The van der Waals surface area contributed by atoms with Crippen molar-refractivity contribution in [2.75, 3.05) is 13.1 Å². The summed E-state index contributed by atoms with van der Waals surface area (Å²) in [4.78, 5) is 10.4. The van der Waals surface area contributed by atoms with Crippen molar-refractivity contribution in [2.45, 2.75) is 52.0 Å². The van der Waals surface area contributed by atoms with Crippen LogP contribution < -0.4 is 0 Å². The minimum atomic E-state index is 0.310. The number of hydrogen-bond acceptors (Lipinski definition) is 2. The Bertz CT molecular complexity index is 340. The van der Waals surface area contributed by atoms with Crippen molar-refractivity contribution in [1.82, 2.24) is 14.9 Å². The van der Waals surface area contributed by atoms with Gasteiger partial charge in [-0.25, -0.2) is 4.98 Å². The molecule has 0 bridgehead atoms. The predicted octanol–water partition coefficient (Wildman–Crippen LogP) is 2.70. The van der Waals surface area contributed by atoms with Crippen LogP contribution in [0.5, 0.6) is 0 Å². The zero-order valence-corrected chi connectivity index (χ0v) is 10.9. The highest BCUT2D eigenvalue weighted by molar-refractivity contribution is 5.05. The molecule has 90 valence electrons. The average molecular weight is 221 g/mol. The van der Waals surface area contributed by atoms with Crippen LogP contribution in [-0.4, -0.2) is 33.5 Å². The van der Waals surface area contributed by atoms with Gasteiger partial charge in [-0.3, -0.25) is 4.90 Å². The van der Waals surface area contributed by atoms with Crippen LogP contribution in [0.15, 0.2) is 6.20 Å². The van der Waals surface area contributed by atoms with Gasteiger partial charge in [0.05, 0.1) is 0 Å². The van der Waals surface area contributed by atoms with Crippen LogP contribution >= 0.6 is 0 Å². The molecule has 1 aromatic rings. The van der Waals surface area contributed by atoms with Crippen LogP contribution in [0.1, 0.15) is 51.0 Å². The molecule has 1 fully saturated rings. The van der Waals surface area contributed by atoms with E-state index in [0.717, 1.165) is 0 Å². The van der Waals surface area contributed by atoms with E-state index in [0.29, 0.717) is 11.5 Å². The second-order valence-corrected chi connectivity index (χ2v) is 5.88. The molecule has 1 aliphatic heterocycles. The molecule has 0 atom stereocenters. The lowest BCUT2D eigenvalue weighted by Gasteiger charge is -2.40. The van der Waals surface area contributed by atoms with Gasteiger partial charge in [-0.2, -0.15) is 0 Å². The van der Waals surface area contributed by atoms with Gasteiger partial charge in [-0.15, -0.1) is 0 Å². The van der Waals surface area contributed by atoms with Crippen molar-refractivity contribution < 1.29 is 0 Å². The normalized spacial score (nSPS) is 20.2. The molecule has 0 saturated carbocycles. The quantitative estimate of drug-likeness (QED) is 0.790. The molecule has 2 rings (SSSR count). The van der Waals surface area contributed by atoms with E-state index in [1.54, 1.807) is 0 Å². The summed E-state index contributed by atoms with van der Waals surface area (Å²) in [6.07, 6.45) is 4.39. The first-order chi connectivity index (χ1) is 7.47. The first-order valence-corrected chi connectivity index (χ1v) is 6.23. The first-order valence-electron chi connectivity index (χ1n) is 6.23. The van der Waals surface area contributed by atoms with Crippen LogP contribution in [-0.2, 0) is 0 Å². The van der Waals surface area contributed by atoms with E-state index in [2.05, 4.69) is 42.6 Å². The molecule has 0 radical (unpaired) electrons. The van der Waals surface area contributed by atoms with Crippen LogP contribution in [0.2, 0.25) is 0 Å². The van der Waals surface area contributed by atoms with Gasteiger partial charge in [0, 0.05) is 23.3 Å². The van der Waals surface area contributed by atoms with Gasteiger partial charge in [0.15, 0.2) is 0 Å². The molecule has 16 heavy (non-hydrogen) atoms. The molecule has 0 amide bonds. The maximum atomic E-state index is 4.45. The number of H-pyrrole nitrogens is 1. The third-order valence-electron chi connectivity index (χ3n) is 3.55. The van der Waals surface area contributed by atoms with Crippen LogP contribution in [0.3, 0.4) is 0 Å². The Hall–Kier alpha value is -0.830. The van der Waals surface area contributed by atoms with Gasteiger partial charge >= 0.3 is 0 Å². The minimum absolute atomic E-state index is 0.310. The number of likely N-dealkylation sites (tertiary alicyclic amines) is 1. The third-order valence-corrected chi connectivity index (χ3v) is 3.55. The highest BCUT2D eigenvalue weighted by atomic mass is 15.2. The molecule has 1 aliphatic rings. The van der Waals surface area contributed by atoms with E-state index >= 15 is 0 Å². The van der Waals surface area contributed by atoms with Gasteiger partial charge in [0.1, 0.15) is 5.82 Å². The maximum Gasteiger partial charge on any atom is 0.109 e. The monoisotopic (exact) mass is 221 g/mol. The SMILES string of the molecule is Cc1cnc(C2CCN(C(C)(C)C)CC2)[nH]1. The Morgan fingerprint density at radius 2 is 1.94 bits per heavy atom. The standard InChI is InChI=1S/C13H23N3/c1-10-9-14-12(15-10)11-5-7-16(8-6-11)13(2,3)4/h9,11H,5-8H2,1-4H3,(H,14,15). The summed E-state index contributed by atoms with van der Waals surface area (Å²) in [6, 6.07) is 0. The summed E-state index contributed by atoms with van der Waals surface area (Å²) in [7, 11) is 0. The van der Waals surface area contributed by atoms with Crippen LogP contribution in [0, 0.1) is 6.92 Å². The van der Waals surface area contributed by atoms with Gasteiger partial charge in [-0.05, 0) is 53.6 Å². The third kappa shape index (κ3) is 2.46. The van der Waals surface area contributed by atoms with Crippen LogP contribution in [0.25, 0.3) is 0 Å². The second-order valence-electron chi connectivity index (χ2n) is 5.88. The number of rotatable bonds is 1. The fraction of sp³-hybridized carbons (Fsp3) is 0.769. The topological polar surface area (TPSA) is 31.9 Å². The van der Waals surface area contributed by atoms with Gasteiger partial charge in [0.2, 0.25) is 0 Å². The van der Waals surface area contributed by atoms with E-state index in [1.807, 2.05) is 6.20 Å². The van der Waals surface area contributed by atoms with Crippen molar-refractivity contribution in [2.24, 2.45) is 0 Å². The van der Waals surface area contributed by atoms with Crippen molar-refractivity contribution in [3.05, 3.63) is 17.7 Å². The fourth-order valence-electron chi connectivity index (χ4n) is 2.46. The Kier molecular flexibility index (Phi) is 3.06. The van der Waals surface area contributed by atoms with Gasteiger partial charge in [0.25, 0.3) is 0 Å². The summed E-state index contributed by atoms with van der Waals surface area (Å²) in [5, 5.41) is 0. The molecule has 0 unspecified atom stereocenters. The highest BCUT2D eigenvalue weighted by Crippen LogP contribution is 2.29. The summed E-state index contributed by atoms with van der Waals surface area (Å²) in [5.74, 6) is 1.82. The Labute approximate surface area is 98.3 Å². The molecule has 0 spiro atoms. The minimum Gasteiger partial charge on any atom is -0.346 e. The zero-order chi connectivity index (χ0) is 11.8. The molecule has 3 heteroatoms. The molecule has 0 aliphatic carbocycles. The number of nitrogens with one attached hydrogen (secondary N) is 1. The van der Waals surface area contributed by atoms with Crippen molar-refractivity contribution >= 4 is 0 Å².